The Kier molecular flexibility index (Phi) is 8.86. The number of methoxy groups -OCH3 is 1. The van der Waals surface area contributed by atoms with Gasteiger partial charge in [-0.2, -0.15) is 0 Å². The summed E-state index contributed by atoms with van der Waals surface area (Å²) in [5.74, 6) is -1.79. The number of amides is 3. The van der Waals surface area contributed by atoms with E-state index in [1.165, 1.54) is 37.6 Å². The molecule has 0 spiro atoms. The van der Waals surface area contributed by atoms with Gasteiger partial charge in [-0.25, -0.2) is 14.6 Å². The van der Waals surface area contributed by atoms with Crippen LogP contribution in [0.25, 0.3) is 11.0 Å². The van der Waals surface area contributed by atoms with Crippen LogP contribution in [0, 0.1) is 5.92 Å². The first kappa shape index (κ1) is 29.9. The molecule has 1 aliphatic carbocycles. The van der Waals surface area contributed by atoms with Gasteiger partial charge in [0.15, 0.2) is 0 Å². The first-order chi connectivity index (χ1) is 19.4. The lowest BCUT2D eigenvalue weighted by atomic mass is 9.85. The van der Waals surface area contributed by atoms with Gasteiger partial charge in [0.05, 0.1) is 17.7 Å². The Labute approximate surface area is 242 Å². The highest BCUT2D eigenvalue weighted by atomic mass is 35.5. The molecule has 218 valence electrons. The molecule has 12 heteroatoms. The highest BCUT2D eigenvalue weighted by molar-refractivity contribution is 6.30. The number of carbonyl (C=O) groups is 4. The van der Waals surface area contributed by atoms with Crippen molar-refractivity contribution in [3.8, 4) is 0 Å². The molecule has 0 bridgehead atoms. The molecular weight excluding hydrogens is 552 g/mol. The third-order valence-corrected chi connectivity index (χ3v) is 7.05. The van der Waals surface area contributed by atoms with Gasteiger partial charge in [0.25, 0.3) is 5.91 Å². The van der Waals surface area contributed by atoms with Gasteiger partial charge in [0, 0.05) is 30.6 Å². The number of ether oxygens (including phenoxy) is 2. The van der Waals surface area contributed by atoms with E-state index in [2.05, 4.69) is 15.6 Å². The van der Waals surface area contributed by atoms with Gasteiger partial charge in [0.2, 0.25) is 11.7 Å². The quantitative estimate of drug-likeness (QED) is 0.342. The van der Waals surface area contributed by atoms with Crippen molar-refractivity contribution < 1.29 is 33.1 Å². The smallest absolute Gasteiger partial charge is 0.410 e. The molecular formula is C29H33ClN4O7. The van der Waals surface area contributed by atoms with Crippen LogP contribution in [0.2, 0.25) is 5.02 Å². The van der Waals surface area contributed by atoms with Crippen LogP contribution in [0.5, 0.6) is 0 Å². The third kappa shape index (κ3) is 7.15. The van der Waals surface area contributed by atoms with Crippen LogP contribution < -0.4 is 10.6 Å². The molecule has 0 atom stereocenters. The number of hydrogen-bond acceptors (Lipinski definition) is 8. The molecule has 1 fully saturated rings. The van der Waals surface area contributed by atoms with Gasteiger partial charge in [-0.05, 0) is 76.8 Å². The fourth-order valence-corrected chi connectivity index (χ4v) is 4.79. The van der Waals surface area contributed by atoms with Crippen molar-refractivity contribution in [1.29, 1.82) is 0 Å². The maximum atomic E-state index is 13.4. The van der Waals surface area contributed by atoms with Gasteiger partial charge in [-0.3, -0.25) is 9.59 Å². The van der Waals surface area contributed by atoms with Crippen molar-refractivity contribution >= 4 is 58.0 Å². The Bertz CT molecular complexity index is 1450. The normalized spacial score (nSPS) is 17.0. The highest BCUT2D eigenvalue weighted by Crippen LogP contribution is 2.35. The summed E-state index contributed by atoms with van der Waals surface area (Å²) in [7, 11) is 2.97. The molecule has 11 nitrogen and oxygen atoms in total. The van der Waals surface area contributed by atoms with E-state index < -0.39 is 23.6 Å². The second kappa shape index (κ2) is 12.2. The van der Waals surface area contributed by atoms with E-state index in [9.17, 15) is 19.2 Å². The molecule has 0 unspecified atom stereocenters. The second-order valence-electron chi connectivity index (χ2n) is 10.9. The van der Waals surface area contributed by atoms with Gasteiger partial charge in [0.1, 0.15) is 22.7 Å². The Balaban J connectivity index is 1.54. The lowest BCUT2D eigenvalue weighted by molar-refractivity contribution is -0.121. The molecule has 2 heterocycles. The van der Waals surface area contributed by atoms with Gasteiger partial charge in [-0.15, -0.1) is 0 Å². The van der Waals surface area contributed by atoms with Crippen molar-refractivity contribution in [2.24, 2.45) is 5.92 Å². The van der Waals surface area contributed by atoms with Crippen LogP contribution in [0.15, 0.2) is 40.9 Å². The van der Waals surface area contributed by atoms with Crippen LogP contribution in [0.3, 0.4) is 0 Å². The number of nitrogens with zero attached hydrogens (tertiary/aromatic N) is 2. The molecule has 2 N–H and O–H groups in total. The van der Waals surface area contributed by atoms with Crippen molar-refractivity contribution in [1.82, 2.24) is 9.88 Å². The van der Waals surface area contributed by atoms with Crippen molar-refractivity contribution in [2.45, 2.75) is 58.1 Å². The fraction of sp³-hybridized carbons (Fsp3) is 0.414. The zero-order valence-electron chi connectivity index (χ0n) is 23.6. The number of rotatable bonds is 6. The predicted molar refractivity (Wildman–Crippen MR) is 153 cm³/mol. The Hall–Kier alpha value is -4.12. The van der Waals surface area contributed by atoms with Crippen LogP contribution in [0.1, 0.15) is 67.4 Å². The zero-order valence-corrected chi connectivity index (χ0v) is 24.3. The number of fused-ring (bicyclic) bond motifs is 1. The van der Waals surface area contributed by atoms with E-state index in [1.807, 2.05) is 20.8 Å². The maximum absolute atomic E-state index is 13.4. The first-order valence-corrected chi connectivity index (χ1v) is 13.6. The number of benzene rings is 1. The summed E-state index contributed by atoms with van der Waals surface area (Å²) >= 11 is 5.89. The molecule has 3 amide bonds. The van der Waals surface area contributed by atoms with Crippen LogP contribution in [-0.4, -0.2) is 59.6 Å². The zero-order chi connectivity index (χ0) is 29.9. The van der Waals surface area contributed by atoms with Crippen LogP contribution in [0.4, 0.5) is 16.3 Å². The lowest BCUT2D eigenvalue weighted by Crippen LogP contribution is -2.43. The van der Waals surface area contributed by atoms with E-state index in [4.69, 9.17) is 25.5 Å². The minimum atomic E-state index is -0.645. The molecule has 4 rings (SSSR count). The molecule has 0 saturated heterocycles. The summed E-state index contributed by atoms with van der Waals surface area (Å²) < 4.78 is 16.1. The number of carbonyl (C=O) groups excluding carboxylic acids is 4. The third-order valence-electron chi connectivity index (χ3n) is 6.83. The molecule has 1 saturated carbocycles. The van der Waals surface area contributed by atoms with E-state index in [-0.39, 0.29) is 40.7 Å². The Morgan fingerprint density at radius 1 is 1.05 bits per heavy atom. The molecule has 2 aromatic heterocycles. The van der Waals surface area contributed by atoms with E-state index >= 15 is 0 Å². The van der Waals surface area contributed by atoms with Crippen LogP contribution in [-0.2, 0) is 14.3 Å². The lowest BCUT2D eigenvalue weighted by Gasteiger charge is -2.35. The monoisotopic (exact) mass is 584 g/mol. The summed E-state index contributed by atoms with van der Waals surface area (Å²) in [4.78, 5) is 57.0. The van der Waals surface area contributed by atoms with Gasteiger partial charge < -0.3 is 29.4 Å². The number of nitrogens with one attached hydrogen (secondary N) is 2. The topological polar surface area (TPSA) is 140 Å². The van der Waals surface area contributed by atoms with Gasteiger partial charge in [-0.1, -0.05) is 11.6 Å². The molecule has 1 aromatic carbocycles. The van der Waals surface area contributed by atoms with Crippen LogP contribution >= 0.6 is 11.6 Å². The number of halogens is 1. The number of anilines is 2. The molecule has 41 heavy (non-hydrogen) atoms. The average molecular weight is 585 g/mol. The number of furan rings is 1. The van der Waals surface area contributed by atoms with Crippen molar-refractivity contribution in [3.05, 3.63) is 52.9 Å². The largest absolute Gasteiger partial charge is 0.465 e. The number of pyridine rings is 1. The van der Waals surface area contributed by atoms with E-state index in [0.29, 0.717) is 41.7 Å². The molecule has 0 aliphatic heterocycles. The van der Waals surface area contributed by atoms with Gasteiger partial charge >= 0.3 is 12.1 Å². The summed E-state index contributed by atoms with van der Waals surface area (Å²) in [6, 6.07) is 7.60. The molecule has 0 radical (unpaired) electrons. The summed E-state index contributed by atoms with van der Waals surface area (Å²) in [6.07, 6.45) is 3.27. The molecule has 1 aliphatic rings. The fourth-order valence-electron chi connectivity index (χ4n) is 4.68. The SMILES string of the molecule is COC(=O)c1ccc2oc(C(=O)Nc3ccc(Cl)cn3)c(NC(=O)C3CCC(N(C)C(=O)OC(C)(C)C)CC3)c2c1. The standard InChI is InChI=1S/C29H33ClN4O7/c1-29(2,3)41-28(38)34(4)19-10-6-16(7-11-19)25(35)33-23-20-14-17(27(37)39-5)8-12-21(20)40-24(23)26(36)32-22-13-9-18(30)15-31-22/h8-9,12-16,19H,6-7,10-11H2,1-5H3,(H,33,35)(H,31,32,36). The van der Waals surface area contributed by atoms with Crippen molar-refractivity contribution in [2.75, 3.05) is 24.8 Å². The first-order valence-electron chi connectivity index (χ1n) is 13.2. The Morgan fingerprint density at radius 2 is 1.76 bits per heavy atom. The number of esters is 1. The van der Waals surface area contributed by atoms with E-state index in [1.54, 1.807) is 18.0 Å². The summed E-state index contributed by atoms with van der Waals surface area (Å²) in [5, 5.41) is 6.28. The average Bonchev–Trinajstić information content (AvgIpc) is 3.30. The summed E-state index contributed by atoms with van der Waals surface area (Å²) in [6.45, 7) is 5.44. The maximum Gasteiger partial charge on any atom is 0.410 e. The number of aromatic nitrogens is 1. The number of hydrogen-bond donors (Lipinski definition) is 2. The highest BCUT2D eigenvalue weighted by Gasteiger charge is 2.33. The molecule has 3 aromatic rings. The van der Waals surface area contributed by atoms with E-state index in [0.717, 1.165) is 0 Å². The minimum Gasteiger partial charge on any atom is -0.465 e. The Morgan fingerprint density at radius 3 is 2.37 bits per heavy atom. The minimum absolute atomic E-state index is 0.0560. The predicted octanol–water partition coefficient (Wildman–Crippen LogP) is 5.88. The second-order valence-corrected chi connectivity index (χ2v) is 11.3. The summed E-state index contributed by atoms with van der Waals surface area (Å²) in [5.41, 5.74) is 0.0605. The van der Waals surface area contributed by atoms with Crippen molar-refractivity contribution in [3.63, 3.8) is 0 Å².